The maximum absolute atomic E-state index is 12.3. The van der Waals surface area contributed by atoms with Crippen molar-refractivity contribution in [3.05, 3.63) is 67.1 Å². The number of aliphatic hydroxyl groups excluding tert-OH is 2. The van der Waals surface area contributed by atoms with Crippen molar-refractivity contribution in [2.75, 3.05) is 18.9 Å². The fourth-order valence-corrected chi connectivity index (χ4v) is 3.32. The van der Waals surface area contributed by atoms with Gasteiger partial charge in [0.15, 0.2) is 0 Å². The Balaban J connectivity index is 1.60. The standard InChI is InChI=1S/C23H23N5O4/c24-22-21-19(15-6-8-18(9-7-15)32-17-4-2-1-3-5-17)11-28(23(21)27-14-26-22)12-20(31)25-10-16(30)13-29/h1-9,11,14,16,29-30H,10,12-13H2,(H,25,31)(H2,24,26,27). The van der Waals surface area contributed by atoms with Gasteiger partial charge in [0.1, 0.15) is 35.8 Å². The van der Waals surface area contributed by atoms with E-state index in [-0.39, 0.29) is 19.0 Å². The first-order valence-electron chi connectivity index (χ1n) is 10.0. The first kappa shape index (κ1) is 21.3. The maximum atomic E-state index is 12.3. The van der Waals surface area contributed by atoms with Gasteiger partial charge in [0.2, 0.25) is 5.91 Å². The second kappa shape index (κ2) is 9.46. The van der Waals surface area contributed by atoms with Crippen LogP contribution in [0.15, 0.2) is 67.1 Å². The number of para-hydroxylation sites is 1. The summed E-state index contributed by atoms with van der Waals surface area (Å²) in [5, 5.41) is 21.6. The van der Waals surface area contributed by atoms with Crippen molar-refractivity contribution < 1.29 is 19.7 Å². The van der Waals surface area contributed by atoms with E-state index in [1.165, 1.54) is 6.33 Å². The molecule has 9 nitrogen and oxygen atoms in total. The molecule has 1 atom stereocenters. The van der Waals surface area contributed by atoms with E-state index in [9.17, 15) is 9.90 Å². The number of nitrogens with one attached hydrogen (secondary N) is 1. The Labute approximate surface area is 184 Å². The highest BCUT2D eigenvalue weighted by atomic mass is 16.5. The van der Waals surface area contributed by atoms with E-state index in [0.717, 1.165) is 16.9 Å². The number of benzene rings is 2. The predicted octanol–water partition coefficient (Wildman–Crippen LogP) is 1.94. The SMILES string of the molecule is Nc1ncnc2c1c(-c1ccc(Oc3ccccc3)cc1)cn2CC(=O)NCC(O)CO. The highest BCUT2D eigenvalue weighted by molar-refractivity contribution is 6.01. The second-order valence-corrected chi connectivity index (χ2v) is 7.21. The quantitative estimate of drug-likeness (QED) is 0.333. The third kappa shape index (κ3) is 4.69. The largest absolute Gasteiger partial charge is 0.457 e. The van der Waals surface area contributed by atoms with Gasteiger partial charge in [0.25, 0.3) is 0 Å². The van der Waals surface area contributed by atoms with Crippen molar-refractivity contribution in [2.24, 2.45) is 0 Å². The molecule has 5 N–H and O–H groups in total. The summed E-state index contributed by atoms with van der Waals surface area (Å²) in [6.45, 7) is -0.494. The number of aliphatic hydroxyl groups is 2. The van der Waals surface area contributed by atoms with E-state index < -0.39 is 12.7 Å². The van der Waals surface area contributed by atoms with Gasteiger partial charge in [-0.05, 0) is 29.8 Å². The zero-order chi connectivity index (χ0) is 22.5. The van der Waals surface area contributed by atoms with Crippen LogP contribution in [0.2, 0.25) is 0 Å². The molecule has 2 heterocycles. The van der Waals surface area contributed by atoms with Gasteiger partial charge in [-0.1, -0.05) is 30.3 Å². The third-order valence-corrected chi connectivity index (χ3v) is 4.89. The summed E-state index contributed by atoms with van der Waals surface area (Å²) in [5.41, 5.74) is 8.31. The van der Waals surface area contributed by atoms with Crippen molar-refractivity contribution in [1.82, 2.24) is 19.9 Å². The molecule has 1 unspecified atom stereocenters. The second-order valence-electron chi connectivity index (χ2n) is 7.21. The van der Waals surface area contributed by atoms with E-state index >= 15 is 0 Å². The number of amides is 1. The first-order chi connectivity index (χ1) is 15.5. The molecule has 9 heteroatoms. The van der Waals surface area contributed by atoms with Crippen LogP contribution in [0.1, 0.15) is 0 Å². The lowest BCUT2D eigenvalue weighted by molar-refractivity contribution is -0.122. The van der Waals surface area contributed by atoms with Crippen molar-refractivity contribution >= 4 is 22.8 Å². The van der Waals surface area contributed by atoms with Gasteiger partial charge in [0, 0.05) is 18.3 Å². The minimum absolute atomic E-state index is 0.0275. The lowest BCUT2D eigenvalue weighted by atomic mass is 10.1. The maximum Gasteiger partial charge on any atom is 0.240 e. The monoisotopic (exact) mass is 433 g/mol. The average Bonchev–Trinajstić information content (AvgIpc) is 3.18. The molecular formula is C23H23N5O4. The number of fused-ring (bicyclic) bond motifs is 1. The first-order valence-corrected chi connectivity index (χ1v) is 10.0. The van der Waals surface area contributed by atoms with Crippen molar-refractivity contribution in [3.63, 3.8) is 0 Å². The topological polar surface area (TPSA) is 136 Å². The predicted molar refractivity (Wildman–Crippen MR) is 120 cm³/mol. The minimum atomic E-state index is -1.01. The Morgan fingerprint density at radius 2 is 1.81 bits per heavy atom. The van der Waals surface area contributed by atoms with E-state index in [2.05, 4.69) is 15.3 Å². The summed E-state index contributed by atoms with van der Waals surface area (Å²) in [4.78, 5) is 20.7. The molecule has 0 fully saturated rings. The van der Waals surface area contributed by atoms with Crippen LogP contribution in [0, 0.1) is 0 Å². The molecule has 0 saturated carbocycles. The highest BCUT2D eigenvalue weighted by Gasteiger charge is 2.17. The number of carbonyl (C=O) groups excluding carboxylic acids is 1. The van der Waals surface area contributed by atoms with Crippen molar-refractivity contribution in [1.29, 1.82) is 0 Å². The summed E-state index contributed by atoms with van der Waals surface area (Å²) < 4.78 is 7.53. The molecule has 2 aromatic carbocycles. The lowest BCUT2D eigenvalue weighted by Crippen LogP contribution is -2.35. The number of nitrogens with zero attached hydrogens (tertiary/aromatic N) is 3. The van der Waals surface area contributed by atoms with E-state index in [1.54, 1.807) is 10.8 Å². The Morgan fingerprint density at radius 1 is 1.09 bits per heavy atom. The lowest BCUT2D eigenvalue weighted by Gasteiger charge is -2.09. The van der Waals surface area contributed by atoms with Crippen LogP contribution in [0.5, 0.6) is 11.5 Å². The molecule has 0 saturated heterocycles. The third-order valence-electron chi connectivity index (χ3n) is 4.89. The summed E-state index contributed by atoms with van der Waals surface area (Å²) >= 11 is 0. The summed E-state index contributed by atoms with van der Waals surface area (Å²) in [6.07, 6.45) is 2.14. The summed E-state index contributed by atoms with van der Waals surface area (Å²) in [6, 6.07) is 17.0. The van der Waals surface area contributed by atoms with Gasteiger partial charge in [-0.2, -0.15) is 0 Å². The molecule has 4 aromatic rings. The summed E-state index contributed by atoms with van der Waals surface area (Å²) in [7, 11) is 0. The molecule has 0 aliphatic carbocycles. The molecule has 0 aliphatic heterocycles. The summed E-state index contributed by atoms with van der Waals surface area (Å²) in [5.74, 6) is 1.41. The number of anilines is 1. The number of carbonyl (C=O) groups is 1. The molecule has 0 bridgehead atoms. The van der Waals surface area contributed by atoms with E-state index in [4.69, 9.17) is 15.6 Å². The molecule has 32 heavy (non-hydrogen) atoms. The van der Waals surface area contributed by atoms with Crippen molar-refractivity contribution in [3.8, 4) is 22.6 Å². The molecule has 4 rings (SSSR count). The van der Waals surface area contributed by atoms with Gasteiger partial charge >= 0.3 is 0 Å². The molecule has 0 aliphatic rings. The number of rotatable bonds is 8. The smallest absolute Gasteiger partial charge is 0.240 e. The van der Waals surface area contributed by atoms with Crippen LogP contribution in [0.4, 0.5) is 5.82 Å². The number of hydrogen-bond donors (Lipinski definition) is 4. The number of aromatic nitrogens is 3. The van der Waals surface area contributed by atoms with Crippen LogP contribution in [0.3, 0.4) is 0 Å². The fraction of sp³-hybridized carbons (Fsp3) is 0.174. The Hall–Kier alpha value is -3.95. The number of hydrogen-bond acceptors (Lipinski definition) is 7. The van der Waals surface area contributed by atoms with Crippen LogP contribution in [0.25, 0.3) is 22.2 Å². The highest BCUT2D eigenvalue weighted by Crippen LogP contribution is 2.34. The Kier molecular flexibility index (Phi) is 6.29. The Bertz CT molecular complexity index is 1210. The molecule has 2 aromatic heterocycles. The molecule has 1 amide bonds. The van der Waals surface area contributed by atoms with Crippen LogP contribution in [-0.2, 0) is 11.3 Å². The van der Waals surface area contributed by atoms with Crippen LogP contribution < -0.4 is 15.8 Å². The van der Waals surface area contributed by atoms with Crippen LogP contribution in [-0.4, -0.2) is 49.9 Å². The van der Waals surface area contributed by atoms with Crippen LogP contribution >= 0.6 is 0 Å². The zero-order valence-corrected chi connectivity index (χ0v) is 17.2. The zero-order valence-electron chi connectivity index (χ0n) is 17.2. The van der Waals surface area contributed by atoms with Gasteiger partial charge in [0.05, 0.1) is 18.1 Å². The minimum Gasteiger partial charge on any atom is -0.457 e. The van der Waals surface area contributed by atoms with Crippen molar-refractivity contribution in [2.45, 2.75) is 12.6 Å². The normalized spacial score (nSPS) is 11.9. The molecular weight excluding hydrogens is 410 g/mol. The number of nitrogen functional groups attached to an aromatic ring is 1. The number of nitrogens with two attached hydrogens (primary N) is 1. The van der Waals surface area contributed by atoms with E-state index in [0.29, 0.717) is 22.6 Å². The Morgan fingerprint density at radius 3 is 2.53 bits per heavy atom. The fourth-order valence-electron chi connectivity index (χ4n) is 3.32. The molecule has 164 valence electrons. The van der Waals surface area contributed by atoms with Gasteiger partial charge in [-0.3, -0.25) is 4.79 Å². The van der Waals surface area contributed by atoms with Gasteiger partial charge in [-0.15, -0.1) is 0 Å². The molecule has 0 radical (unpaired) electrons. The molecule has 0 spiro atoms. The number of ether oxygens (including phenoxy) is 1. The van der Waals surface area contributed by atoms with Gasteiger partial charge < -0.3 is 30.6 Å². The van der Waals surface area contributed by atoms with E-state index in [1.807, 2.05) is 54.6 Å². The van der Waals surface area contributed by atoms with Gasteiger partial charge in [-0.25, -0.2) is 9.97 Å². The average molecular weight is 433 g/mol.